The number of halogens is 3. The van der Waals surface area contributed by atoms with Crippen LogP contribution in [0.4, 0.5) is 13.2 Å². The molecule has 0 radical (unpaired) electrons. The smallest absolute Gasteiger partial charge is 0.360 e. The third-order valence-electron chi connectivity index (χ3n) is 3.35. The van der Waals surface area contributed by atoms with Crippen molar-refractivity contribution < 1.29 is 17.7 Å². The fourth-order valence-electron chi connectivity index (χ4n) is 2.26. The van der Waals surface area contributed by atoms with Gasteiger partial charge in [0.2, 0.25) is 0 Å². The van der Waals surface area contributed by atoms with Crippen LogP contribution in [0.15, 0.2) is 4.52 Å². The predicted molar refractivity (Wildman–Crippen MR) is 56.9 cm³/mol. The maximum absolute atomic E-state index is 13.0. The van der Waals surface area contributed by atoms with E-state index in [9.17, 15) is 13.2 Å². The highest BCUT2D eigenvalue weighted by Crippen LogP contribution is 2.59. The van der Waals surface area contributed by atoms with E-state index in [-0.39, 0.29) is 24.0 Å². The van der Waals surface area contributed by atoms with Crippen molar-refractivity contribution in [3.8, 4) is 0 Å². The molecule has 0 amide bonds. The molecule has 0 saturated heterocycles. The molecule has 0 aliphatic heterocycles. The first-order valence-electron chi connectivity index (χ1n) is 5.63. The molecule has 2 nitrogen and oxygen atoms in total. The highest BCUT2D eigenvalue weighted by molar-refractivity contribution is 5.37. The molecule has 1 aliphatic carbocycles. The Morgan fingerprint density at radius 2 is 1.71 bits per heavy atom. The lowest BCUT2D eigenvalue weighted by Crippen LogP contribution is -2.29. The Labute approximate surface area is 98.2 Å². The number of nitrogens with zero attached hydrogens (tertiary/aromatic N) is 1. The molecule has 0 unspecified atom stereocenters. The van der Waals surface area contributed by atoms with Gasteiger partial charge in [0.05, 0.1) is 0 Å². The van der Waals surface area contributed by atoms with Gasteiger partial charge in [-0.2, -0.15) is 13.2 Å². The van der Waals surface area contributed by atoms with E-state index in [4.69, 9.17) is 4.52 Å². The van der Waals surface area contributed by atoms with Crippen molar-refractivity contribution in [3.05, 3.63) is 17.0 Å². The second-order valence-corrected chi connectivity index (χ2v) is 5.82. The molecule has 0 N–H and O–H groups in total. The predicted octanol–water partition coefficient (Wildman–Crippen LogP) is 3.87. The zero-order chi connectivity index (χ0) is 13.1. The number of alkyl halides is 3. The molecule has 5 heteroatoms. The van der Waals surface area contributed by atoms with Gasteiger partial charge in [-0.3, -0.25) is 0 Å². The molecular weight excluding hydrogens is 231 g/mol. The van der Waals surface area contributed by atoms with E-state index < -0.39 is 11.6 Å². The number of rotatable bonds is 1. The lowest BCUT2D eigenvalue weighted by atomic mass is 9.87. The molecule has 1 aromatic heterocycles. The van der Waals surface area contributed by atoms with Crippen LogP contribution in [0.2, 0.25) is 0 Å². The van der Waals surface area contributed by atoms with Gasteiger partial charge < -0.3 is 4.52 Å². The Bertz CT molecular complexity index is 436. The van der Waals surface area contributed by atoms with Gasteiger partial charge >= 0.3 is 6.18 Å². The van der Waals surface area contributed by atoms with Crippen LogP contribution in [0.1, 0.15) is 50.6 Å². The van der Waals surface area contributed by atoms with Crippen molar-refractivity contribution >= 4 is 0 Å². The van der Waals surface area contributed by atoms with E-state index in [1.165, 1.54) is 0 Å². The summed E-state index contributed by atoms with van der Waals surface area (Å²) in [7, 11) is 0. The van der Waals surface area contributed by atoms with Gasteiger partial charge in [0.15, 0.2) is 0 Å². The van der Waals surface area contributed by atoms with Gasteiger partial charge in [0, 0.05) is 11.0 Å². The minimum absolute atomic E-state index is 0.0786. The van der Waals surface area contributed by atoms with Gasteiger partial charge in [-0.05, 0) is 19.8 Å². The Hall–Kier alpha value is -1.00. The van der Waals surface area contributed by atoms with Crippen LogP contribution >= 0.6 is 0 Å². The first-order valence-corrected chi connectivity index (χ1v) is 5.63. The summed E-state index contributed by atoms with van der Waals surface area (Å²) in [6.45, 7) is 7.37. The average Bonchev–Trinajstić information content (AvgIpc) is 2.83. The van der Waals surface area contributed by atoms with Crippen LogP contribution in [0.25, 0.3) is 0 Å². The first-order chi connectivity index (χ1) is 7.59. The molecule has 96 valence electrons. The van der Waals surface area contributed by atoms with E-state index in [1.807, 2.05) is 20.8 Å². The minimum atomic E-state index is -4.23. The number of hydrogen-bond donors (Lipinski definition) is 0. The third kappa shape index (κ3) is 1.76. The van der Waals surface area contributed by atoms with Crippen molar-refractivity contribution in [2.24, 2.45) is 0 Å². The first kappa shape index (κ1) is 12.5. The van der Waals surface area contributed by atoms with Crippen LogP contribution in [0.3, 0.4) is 0 Å². The van der Waals surface area contributed by atoms with Gasteiger partial charge in [0.25, 0.3) is 0 Å². The van der Waals surface area contributed by atoms with Crippen LogP contribution in [-0.2, 0) is 10.8 Å². The summed E-state index contributed by atoms with van der Waals surface area (Å²) in [5.74, 6) is 0.544. The number of aromatic nitrogens is 1. The molecule has 0 atom stereocenters. The monoisotopic (exact) mass is 247 g/mol. The Kier molecular flexibility index (Phi) is 2.39. The van der Waals surface area contributed by atoms with E-state index in [0.717, 1.165) is 0 Å². The Balaban J connectivity index is 2.47. The maximum atomic E-state index is 13.0. The Morgan fingerprint density at radius 1 is 1.18 bits per heavy atom. The Morgan fingerprint density at radius 3 is 2.00 bits per heavy atom. The van der Waals surface area contributed by atoms with Gasteiger partial charge in [0.1, 0.15) is 16.9 Å². The summed E-state index contributed by atoms with van der Waals surface area (Å²) < 4.78 is 44.1. The standard InChI is InChI=1S/C12H16F3NO/c1-7-8(11(5-6-11)12(13,14)15)16-17-9(7)10(2,3)4/h5-6H2,1-4H3. The van der Waals surface area contributed by atoms with Crippen molar-refractivity contribution in [2.75, 3.05) is 0 Å². The van der Waals surface area contributed by atoms with E-state index in [2.05, 4.69) is 5.16 Å². The van der Waals surface area contributed by atoms with Crippen LogP contribution in [0, 0.1) is 6.92 Å². The largest absolute Gasteiger partial charge is 0.400 e. The quantitative estimate of drug-likeness (QED) is 0.752. The summed E-state index contributed by atoms with van der Waals surface area (Å²) in [6, 6.07) is 0. The fraction of sp³-hybridized carbons (Fsp3) is 0.750. The normalized spacial score (nSPS) is 19.5. The molecule has 17 heavy (non-hydrogen) atoms. The summed E-state index contributed by atoms with van der Waals surface area (Å²) in [5, 5.41) is 3.69. The summed E-state index contributed by atoms with van der Waals surface area (Å²) in [4.78, 5) is 0. The molecule has 1 fully saturated rings. The molecule has 0 bridgehead atoms. The maximum Gasteiger partial charge on any atom is 0.400 e. The lowest BCUT2D eigenvalue weighted by Gasteiger charge is -2.18. The summed E-state index contributed by atoms with van der Waals surface area (Å²) >= 11 is 0. The van der Waals surface area contributed by atoms with Crippen molar-refractivity contribution in [1.29, 1.82) is 0 Å². The highest BCUT2D eigenvalue weighted by Gasteiger charge is 2.66. The van der Waals surface area contributed by atoms with E-state index >= 15 is 0 Å². The topological polar surface area (TPSA) is 26.0 Å². The van der Waals surface area contributed by atoms with Crippen molar-refractivity contribution in [3.63, 3.8) is 0 Å². The SMILES string of the molecule is Cc1c(C2(C(F)(F)F)CC2)noc1C(C)(C)C. The molecule has 0 spiro atoms. The van der Waals surface area contributed by atoms with Crippen LogP contribution in [0.5, 0.6) is 0 Å². The second kappa shape index (κ2) is 3.27. The van der Waals surface area contributed by atoms with E-state index in [0.29, 0.717) is 11.3 Å². The molecule has 1 heterocycles. The fourth-order valence-corrected chi connectivity index (χ4v) is 2.26. The summed E-state index contributed by atoms with van der Waals surface area (Å²) in [6.07, 6.45) is -4.00. The minimum Gasteiger partial charge on any atom is -0.360 e. The highest BCUT2D eigenvalue weighted by atomic mass is 19.4. The van der Waals surface area contributed by atoms with Crippen molar-refractivity contribution in [1.82, 2.24) is 5.16 Å². The van der Waals surface area contributed by atoms with Gasteiger partial charge in [-0.1, -0.05) is 25.9 Å². The molecule has 0 aromatic carbocycles. The van der Waals surface area contributed by atoms with E-state index in [1.54, 1.807) is 6.92 Å². The molecule has 2 rings (SSSR count). The zero-order valence-corrected chi connectivity index (χ0v) is 10.4. The molecule has 1 aromatic rings. The van der Waals surface area contributed by atoms with Crippen LogP contribution in [-0.4, -0.2) is 11.3 Å². The van der Waals surface area contributed by atoms with Gasteiger partial charge in [-0.25, -0.2) is 0 Å². The molecular formula is C12H16F3NO. The summed E-state index contributed by atoms with van der Waals surface area (Å²) in [5.41, 5.74) is -1.44. The number of hydrogen-bond acceptors (Lipinski definition) is 2. The zero-order valence-electron chi connectivity index (χ0n) is 10.4. The lowest BCUT2D eigenvalue weighted by molar-refractivity contribution is -0.162. The average molecular weight is 247 g/mol. The second-order valence-electron chi connectivity index (χ2n) is 5.82. The third-order valence-corrected chi connectivity index (χ3v) is 3.35. The van der Waals surface area contributed by atoms with Crippen molar-refractivity contribution in [2.45, 2.75) is 57.5 Å². The molecule has 1 aliphatic rings. The molecule has 1 saturated carbocycles. The van der Waals surface area contributed by atoms with Crippen LogP contribution < -0.4 is 0 Å². The van der Waals surface area contributed by atoms with Gasteiger partial charge in [-0.15, -0.1) is 0 Å².